The van der Waals surface area contributed by atoms with E-state index < -0.39 is 5.97 Å². The standard InChI is InChI=1S/C26H28N4O5S/c1-3-35-26(32)24-23(19-9-5-4-6-10-19)18(2)36-25(24)27-22(31)17-28-13-15-29(16-14-28)20-11-7-8-12-21(20)30(33)34/h4-12H,3,13-17H2,1-2H3,(H,27,31). The van der Waals surface area contributed by atoms with Gasteiger partial charge in [-0.3, -0.25) is 19.8 Å². The van der Waals surface area contributed by atoms with Crippen LogP contribution in [0.3, 0.4) is 0 Å². The quantitative estimate of drug-likeness (QED) is 0.270. The van der Waals surface area contributed by atoms with Gasteiger partial charge in [-0.25, -0.2) is 4.79 Å². The Morgan fingerprint density at radius 3 is 2.39 bits per heavy atom. The molecule has 1 aromatic heterocycles. The number of anilines is 2. The van der Waals surface area contributed by atoms with Gasteiger partial charge in [-0.15, -0.1) is 11.3 Å². The largest absolute Gasteiger partial charge is 0.462 e. The Balaban J connectivity index is 1.45. The van der Waals surface area contributed by atoms with E-state index in [1.165, 1.54) is 17.4 Å². The van der Waals surface area contributed by atoms with Gasteiger partial charge in [0, 0.05) is 42.7 Å². The van der Waals surface area contributed by atoms with Crippen molar-refractivity contribution >= 4 is 39.6 Å². The molecule has 0 spiro atoms. The summed E-state index contributed by atoms with van der Waals surface area (Å²) in [5, 5.41) is 14.8. The van der Waals surface area contributed by atoms with Gasteiger partial charge in [0.05, 0.1) is 18.1 Å². The number of carbonyl (C=O) groups excluding carboxylic acids is 2. The van der Waals surface area contributed by atoms with Crippen LogP contribution in [-0.4, -0.2) is 61.0 Å². The number of thiophene rings is 1. The van der Waals surface area contributed by atoms with Gasteiger partial charge in [0.2, 0.25) is 5.91 Å². The van der Waals surface area contributed by atoms with E-state index in [0.717, 1.165) is 16.0 Å². The lowest BCUT2D eigenvalue weighted by molar-refractivity contribution is -0.384. The second-order valence-corrected chi connectivity index (χ2v) is 9.61. The van der Waals surface area contributed by atoms with E-state index in [1.807, 2.05) is 47.1 Å². The van der Waals surface area contributed by atoms with E-state index in [4.69, 9.17) is 4.74 Å². The molecule has 1 N–H and O–H groups in total. The van der Waals surface area contributed by atoms with Crippen molar-refractivity contribution < 1.29 is 19.2 Å². The van der Waals surface area contributed by atoms with Gasteiger partial charge in [0.25, 0.3) is 5.69 Å². The molecule has 0 atom stereocenters. The van der Waals surface area contributed by atoms with Crippen molar-refractivity contribution in [1.29, 1.82) is 0 Å². The number of benzene rings is 2. The lowest BCUT2D eigenvalue weighted by Crippen LogP contribution is -2.48. The third-order valence-electron chi connectivity index (χ3n) is 6.04. The van der Waals surface area contributed by atoms with E-state index in [-0.39, 0.29) is 29.7 Å². The zero-order valence-electron chi connectivity index (χ0n) is 20.2. The highest BCUT2D eigenvalue weighted by atomic mass is 32.1. The van der Waals surface area contributed by atoms with Crippen molar-refractivity contribution in [3.05, 3.63) is 75.2 Å². The number of carbonyl (C=O) groups is 2. The number of nitrogens with one attached hydrogen (secondary N) is 1. The topological polar surface area (TPSA) is 105 Å². The van der Waals surface area contributed by atoms with Gasteiger partial charge >= 0.3 is 5.97 Å². The summed E-state index contributed by atoms with van der Waals surface area (Å²) in [6.45, 7) is 6.38. The highest BCUT2D eigenvalue weighted by Crippen LogP contribution is 2.40. The SMILES string of the molecule is CCOC(=O)c1c(NC(=O)CN2CCN(c3ccccc3[N+](=O)[O-])CC2)sc(C)c1-c1ccccc1. The molecule has 1 aliphatic heterocycles. The number of rotatable bonds is 8. The molecule has 1 saturated heterocycles. The molecule has 0 bridgehead atoms. The van der Waals surface area contributed by atoms with Crippen LogP contribution < -0.4 is 10.2 Å². The Morgan fingerprint density at radius 1 is 1.06 bits per heavy atom. The van der Waals surface area contributed by atoms with Crippen LogP contribution in [0.1, 0.15) is 22.2 Å². The first-order chi connectivity index (χ1) is 17.4. The van der Waals surface area contributed by atoms with Crippen LogP contribution in [-0.2, 0) is 9.53 Å². The number of ether oxygens (including phenoxy) is 1. The van der Waals surface area contributed by atoms with Crippen molar-refractivity contribution in [3.63, 3.8) is 0 Å². The first-order valence-corrected chi connectivity index (χ1v) is 12.6. The maximum Gasteiger partial charge on any atom is 0.341 e. The fourth-order valence-corrected chi connectivity index (χ4v) is 5.47. The van der Waals surface area contributed by atoms with Gasteiger partial charge in [-0.05, 0) is 25.5 Å². The molecule has 3 aromatic rings. The summed E-state index contributed by atoms with van der Waals surface area (Å²) in [5.74, 6) is -0.686. The van der Waals surface area contributed by atoms with Crippen LogP contribution in [0, 0.1) is 17.0 Å². The summed E-state index contributed by atoms with van der Waals surface area (Å²) >= 11 is 1.36. The van der Waals surface area contributed by atoms with Crippen molar-refractivity contribution in [3.8, 4) is 11.1 Å². The van der Waals surface area contributed by atoms with Crippen molar-refractivity contribution in [1.82, 2.24) is 4.90 Å². The van der Waals surface area contributed by atoms with Crippen LogP contribution in [0.15, 0.2) is 54.6 Å². The molecule has 36 heavy (non-hydrogen) atoms. The minimum absolute atomic E-state index is 0.0810. The average Bonchev–Trinajstić information content (AvgIpc) is 3.20. The van der Waals surface area contributed by atoms with E-state index in [2.05, 4.69) is 5.32 Å². The molecular weight excluding hydrogens is 480 g/mol. The highest BCUT2D eigenvalue weighted by molar-refractivity contribution is 7.17. The maximum atomic E-state index is 13.0. The number of amides is 1. The summed E-state index contributed by atoms with van der Waals surface area (Å²) in [5.41, 5.74) is 2.71. The number of piperazine rings is 1. The van der Waals surface area contributed by atoms with Gasteiger partial charge in [-0.1, -0.05) is 42.5 Å². The lowest BCUT2D eigenvalue weighted by atomic mass is 10.0. The van der Waals surface area contributed by atoms with Crippen molar-refractivity contribution in [2.75, 3.05) is 49.5 Å². The maximum absolute atomic E-state index is 13.0. The van der Waals surface area contributed by atoms with E-state index in [1.54, 1.807) is 25.1 Å². The monoisotopic (exact) mass is 508 g/mol. The second kappa shape index (κ2) is 11.3. The molecule has 0 saturated carbocycles. The van der Waals surface area contributed by atoms with Crippen LogP contribution in [0.5, 0.6) is 0 Å². The minimum Gasteiger partial charge on any atom is -0.462 e. The third kappa shape index (κ3) is 5.55. The number of hydrogen-bond donors (Lipinski definition) is 1. The number of nitrogens with zero attached hydrogens (tertiary/aromatic N) is 3. The molecule has 1 fully saturated rings. The molecule has 10 heteroatoms. The van der Waals surface area contributed by atoms with Crippen LogP contribution in [0.2, 0.25) is 0 Å². The molecule has 0 aliphatic carbocycles. The molecule has 1 amide bonds. The third-order valence-corrected chi connectivity index (χ3v) is 7.06. The van der Waals surface area contributed by atoms with Gasteiger partial charge < -0.3 is 15.0 Å². The number of esters is 1. The Hall–Kier alpha value is -3.76. The van der Waals surface area contributed by atoms with Crippen molar-refractivity contribution in [2.24, 2.45) is 0 Å². The number of hydrogen-bond acceptors (Lipinski definition) is 8. The molecule has 9 nitrogen and oxygen atoms in total. The molecular formula is C26H28N4O5S. The van der Waals surface area contributed by atoms with E-state index in [9.17, 15) is 19.7 Å². The molecule has 4 rings (SSSR count). The zero-order chi connectivity index (χ0) is 25.7. The minimum atomic E-state index is -0.464. The molecule has 188 valence electrons. The number of aryl methyl sites for hydroxylation is 1. The summed E-state index contributed by atoms with van der Waals surface area (Å²) in [6, 6.07) is 16.3. The molecule has 1 aliphatic rings. The Kier molecular flexibility index (Phi) is 7.97. The van der Waals surface area contributed by atoms with Crippen LogP contribution >= 0.6 is 11.3 Å². The summed E-state index contributed by atoms with van der Waals surface area (Å²) in [6.07, 6.45) is 0. The highest BCUT2D eigenvalue weighted by Gasteiger charge is 2.27. The van der Waals surface area contributed by atoms with Gasteiger partial charge in [-0.2, -0.15) is 0 Å². The molecule has 2 aromatic carbocycles. The smallest absolute Gasteiger partial charge is 0.341 e. The average molecular weight is 509 g/mol. The zero-order valence-corrected chi connectivity index (χ0v) is 21.0. The summed E-state index contributed by atoms with van der Waals surface area (Å²) in [7, 11) is 0. The van der Waals surface area contributed by atoms with E-state index in [0.29, 0.717) is 42.4 Å². The molecule has 0 unspecified atom stereocenters. The fraction of sp³-hybridized carbons (Fsp3) is 0.308. The lowest BCUT2D eigenvalue weighted by Gasteiger charge is -2.35. The van der Waals surface area contributed by atoms with Gasteiger partial charge in [0.15, 0.2) is 0 Å². The number of nitro groups is 1. The van der Waals surface area contributed by atoms with Crippen molar-refractivity contribution in [2.45, 2.75) is 13.8 Å². The predicted octanol–water partition coefficient (Wildman–Crippen LogP) is 4.57. The van der Waals surface area contributed by atoms with E-state index >= 15 is 0 Å². The summed E-state index contributed by atoms with van der Waals surface area (Å²) in [4.78, 5) is 41.7. The second-order valence-electron chi connectivity index (χ2n) is 8.38. The predicted molar refractivity (Wildman–Crippen MR) is 141 cm³/mol. The fourth-order valence-electron chi connectivity index (χ4n) is 4.39. The number of para-hydroxylation sites is 2. The Bertz CT molecular complexity index is 1250. The Morgan fingerprint density at radius 2 is 1.72 bits per heavy atom. The Labute approximate surface area is 213 Å². The first kappa shape index (κ1) is 25.3. The molecule has 2 heterocycles. The van der Waals surface area contributed by atoms with Crippen LogP contribution in [0.4, 0.5) is 16.4 Å². The first-order valence-electron chi connectivity index (χ1n) is 11.8. The molecule has 0 radical (unpaired) electrons. The summed E-state index contributed by atoms with van der Waals surface area (Å²) < 4.78 is 5.31. The van der Waals surface area contributed by atoms with Crippen LogP contribution in [0.25, 0.3) is 11.1 Å². The normalized spacial score (nSPS) is 13.9. The number of nitro benzene ring substituents is 1. The van der Waals surface area contributed by atoms with Gasteiger partial charge in [0.1, 0.15) is 16.3 Å².